The van der Waals surface area contributed by atoms with Crippen molar-refractivity contribution >= 4 is 23.5 Å². The van der Waals surface area contributed by atoms with Gasteiger partial charge in [-0.15, -0.1) is 0 Å². The molecule has 2 unspecified atom stereocenters. The molecule has 108 valence electrons. The van der Waals surface area contributed by atoms with Crippen molar-refractivity contribution in [2.24, 2.45) is 5.92 Å². The summed E-state index contributed by atoms with van der Waals surface area (Å²) >= 11 is 5.89. The van der Waals surface area contributed by atoms with Gasteiger partial charge in [0.05, 0.1) is 19.3 Å². The van der Waals surface area contributed by atoms with Gasteiger partial charge in [0.15, 0.2) is 0 Å². The van der Waals surface area contributed by atoms with Crippen molar-refractivity contribution in [2.45, 2.75) is 13.0 Å². The largest absolute Gasteiger partial charge is 0.481 e. The summed E-state index contributed by atoms with van der Waals surface area (Å²) in [6.07, 6.45) is 0. The van der Waals surface area contributed by atoms with Crippen LogP contribution in [0, 0.1) is 5.92 Å². The van der Waals surface area contributed by atoms with Gasteiger partial charge in [0.1, 0.15) is 5.92 Å². The Hall–Kier alpha value is -1.59. The number of carbonyl (C=O) groups excluding carboxylic acids is 1. The molecule has 0 bridgehead atoms. The highest BCUT2D eigenvalue weighted by Gasteiger charge is 2.39. The van der Waals surface area contributed by atoms with Crippen molar-refractivity contribution in [1.29, 1.82) is 0 Å². The highest BCUT2D eigenvalue weighted by molar-refractivity contribution is 6.30. The van der Waals surface area contributed by atoms with E-state index in [4.69, 9.17) is 16.3 Å². The highest BCUT2D eigenvalue weighted by Crippen LogP contribution is 2.22. The molecule has 2 atom stereocenters. The maximum absolute atomic E-state index is 12.5. The lowest BCUT2D eigenvalue weighted by Crippen LogP contribution is -2.46. The van der Waals surface area contributed by atoms with E-state index in [1.54, 1.807) is 24.3 Å². The third-order valence-corrected chi connectivity index (χ3v) is 3.68. The van der Waals surface area contributed by atoms with Gasteiger partial charge in [-0.2, -0.15) is 0 Å². The number of ether oxygens (including phenoxy) is 1. The fourth-order valence-corrected chi connectivity index (χ4v) is 2.59. The molecule has 1 aromatic carbocycles. The van der Waals surface area contributed by atoms with Crippen molar-refractivity contribution in [3.8, 4) is 0 Å². The van der Waals surface area contributed by atoms with E-state index in [0.29, 0.717) is 17.1 Å². The molecule has 1 N–H and O–H groups in total. The predicted octanol–water partition coefficient (Wildman–Crippen LogP) is 1.90. The van der Waals surface area contributed by atoms with Crippen LogP contribution in [0.5, 0.6) is 0 Å². The number of nitrogens with zero attached hydrogens (tertiary/aromatic N) is 1. The fraction of sp³-hybridized carbons (Fsp3) is 0.429. The molecule has 1 amide bonds. The van der Waals surface area contributed by atoms with Gasteiger partial charge >= 0.3 is 5.97 Å². The molecule has 2 rings (SSSR count). The first-order valence-corrected chi connectivity index (χ1v) is 6.79. The average molecular weight is 298 g/mol. The summed E-state index contributed by atoms with van der Waals surface area (Å²) < 4.78 is 5.22. The molecule has 0 radical (unpaired) electrons. The lowest BCUT2D eigenvalue weighted by atomic mass is 10.0. The van der Waals surface area contributed by atoms with Gasteiger partial charge in [-0.3, -0.25) is 9.59 Å². The maximum atomic E-state index is 12.5. The van der Waals surface area contributed by atoms with Crippen LogP contribution in [0.15, 0.2) is 24.3 Å². The van der Waals surface area contributed by atoms with Crippen LogP contribution in [-0.4, -0.2) is 47.7 Å². The Balaban J connectivity index is 2.23. The minimum atomic E-state index is -0.940. The van der Waals surface area contributed by atoms with Gasteiger partial charge in [-0.05, 0) is 25.1 Å². The Morgan fingerprint density at radius 1 is 1.45 bits per heavy atom. The predicted molar refractivity (Wildman–Crippen MR) is 73.9 cm³/mol. The lowest BCUT2D eigenvalue weighted by molar-refractivity contribution is -0.142. The summed E-state index contributed by atoms with van der Waals surface area (Å²) in [5.74, 6) is -1.85. The fourth-order valence-electron chi connectivity index (χ4n) is 2.40. The second-order valence-corrected chi connectivity index (χ2v) is 5.09. The zero-order chi connectivity index (χ0) is 14.7. The molecule has 1 aliphatic heterocycles. The number of hydrogen-bond acceptors (Lipinski definition) is 3. The normalized spacial score (nSPS) is 21.7. The zero-order valence-electron chi connectivity index (χ0n) is 11.1. The molecule has 1 saturated heterocycles. The number of carboxylic acids is 1. The topological polar surface area (TPSA) is 66.8 Å². The molecular formula is C14H16ClNO4. The average Bonchev–Trinajstić information content (AvgIpc) is 2.89. The van der Waals surface area contributed by atoms with E-state index in [9.17, 15) is 14.7 Å². The SMILES string of the molecule is CCN(C(=O)c1cccc(Cl)c1)C1COCC1C(=O)O. The van der Waals surface area contributed by atoms with E-state index in [1.165, 1.54) is 4.90 Å². The van der Waals surface area contributed by atoms with E-state index in [1.807, 2.05) is 6.92 Å². The van der Waals surface area contributed by atoms with E-state index in [-0.39, 0.29) is 19.1 Å². The van der Waals surface area contributed by atoms with Crippen molar-refractivity contribution in [3.05, 3.63) is 34.9 Å². The minimum absolute atomic E-state index is 0.138. The van der Waals surface area contributed by atoms with Crippen molar-refractivity contribution in [3.63, 3.8) is 0 Å². The van der Waals surface area contributed by atoms with Crippen LogP contribution in [0.1, 0.15) is 17.3 Å². The molecule has 0 spiro atoms. The summed E-state index contributed by atoms with van der Waals surface area (Å²) in [5, 5.41) is 9.66. The molecule has 0 saturated carbocycles. The Labute approximate surface area is 122 Å². The van der Waals surface area contributed by atoms with Crippen LogP contribution in [-0.2, 0) is 9.53 Å². The Kier molecular flexibility index (Phi) is 4.62. The van der Waals surface area contributed by atoms with Crippen LogP contribution in [0.4, 0.5) is 0 Å². The smallest absolute Gasteiger partial charge is 0.311 e. The molecule has 0 aliphatic carbocycles. The number of likely N-dealkylation sites (N-methyl/N-ethyl adjacent to an activating group) is 1. The summed E-state index contributed by atoms with van der Waals surface area (Å²) in [5.41, 5.74) is 0.454. The molecule has 6 heteroatoms. The van der Waals surface area contributed by atoms with E-state index in [2.05, 4.69) is 0 Å². The molecule has 1 aromatic rings. The second kappa shape index (κ2) is 6.24. The van der Waals surface area contributed by atoms with Crippen LogP contribution < -0.4 is 0 Å². The van der Waals surface area contributed by atoms with Gasteiger partial charge in [0.25, 0.3) is 5.91 Å². The highest BCUT2D eigenvalue weighted by atomic mass is 35.5. The van der Waals surface area contributed by atoms with Gasteiger partial charge < -0.3 is 14.7 Å². The number of amides is 1. The Morgan fingerprint density at radius 3 is 2.80 bits per heavy atom. The van der Waals surface area contributed by atoms with Crippen LogP contribution >= 0.6 is 11.6 Å². The Morgan fingerprint density at radius 2 is 2.20 bits per heavy atom. The van der Waals surface area contributed by atoms with E-state index in [0.717, 1.165) is 0 Å². The van der Waals surface area contributed by atoms with Gasteiger partial charge in [-0.1, -0.05) is 17.7 Å². The molecule has 1 aliphatic rings. The molecule has 20 heavy (non-hydrogen) atoms. The van der Waals surface area contributed by atoms with Crippen LogP contribution in [0.25, 0.3) is 0 Å². The minimum Gasteiger partial charge on any atom is -0.481 e. The van der Waals surface area contributed by atoms with Gasteiger partial charge in [0, 0.05) is 17.1 Å². The van der Waals surface area contributed by atoms with E-state index < -0.39 is 17.9 Å². The third kappa shape index (κ3) is 2.94. The van der Waals surface area contributed by atoms with Crippen molar-refractivity contribution in [1.82, 2.24) is 4.90 Å². The monoisotopic (exact) mass is 297 g/mol. The first-order chi connectivity index (χ1) is 9.54. The first-order valence-electron chi connectivity index (χ1n) is 6.41. The van der Waals surface area contributed by atoms with Crippen molar-refractivity contribution < 1.29 is 19.4 Å². The zero-order valence-corrected chi connectivity index (χ0v) is 11.8. The number of halogens is 1. The van der Waals surface area contributed by atoms with E-state index >= 15 is 0 Å². The number of rotatable bonds is 4. The maximum Gasteiger partial charge on any atom is 0.311 e. The summed E-state index contributed by atoms with van der Waals surface area (Å²) in [7, 11) is 0. The summed E-state index contributed by atoms with van der Waals surface area (Å²) in [6.45, 7) is 2.62. The summed E-state index contributed by atoms with van der Waals surface area (Å²) in [6, 6.07) is 6.20. The summed E-state index contributed by atoms with van der Waals surface area (Å²) in [4.78, 5) is 25.2. The number of carbonyl (C=O) groups is 2. The van der Waals surface area contributed by atoms with Crippen LogP contribution in [0.2, 0.25) is 5.02 Å². The lowest BCUT2D eigenvalue weighted by Gasteiger charge is -2.29. The second-order valence-electron chi connectivity index (χ2n) is 4.65. The molecule has 1 fully saturated rings. The Bertz CT molecular complexity index is 520. The molecule has 0 aromatic heterocycles. The van der Waals surface area contributed by atoms with Gasteiger partial charge in [0.2, 0.25) is 0 Å². The first kappa shape index (κ1) is 14.8. The third-order valence-electron chi connectivity index (χ3n) is 3.44. The standard InChI is InChI=1S/C14H16ClNO4/c1-2-16(12-8-20-7-11(12)14(18)19)13(17)9-4-3-5-10(15)6-9/h3-6,11-12H,2,7-8H2,1H3,(H,18,19). The van der Waals surface area contributed by atoms with Crippen molar-refractivity contribution in [2.75, 3.05) is 19.8 Å². The molecular weight excluding hydrogens is 282 g/mol. The number of hydrogen-bond donors (Lipinski definition) is 1. The number of aliphatic carboxylic acids is 1. The van der Waals surface area contributed by atoms with Gasteiger partial charge in [-0.25, -0.2) is 0 Å². The molecule has 5 nitrogen and oxygen atoms in total. The molecule has 1 heterocycles. The quantitative estimate of drug-likeness (QED) is 0.922. The number of benzene rings is 1. The number of carboxylic acid groups (broad SMARTS) is 1. The van der Waals surface area contributed by atoms with Crippen LogP contribution in [0.3, 0.4) is 0 Å².